The maximum atomic E-state index is 5.33. The van der Waals surface area contributed by atoms with Gasteiger partial charge in [-0.1, -0.05) is 6.92 Å². The fraction of sp³-hybridized carbons (Fsp3) is 0.400. The van der Waals surface area contributed by atoms with Gasteiger partial charge in [0.1, 0.15) is 0 Å². The van der Waals surface area contributed by atoms with E-state index in [1.54, 1.807) is 0 Å². The summed E-state index contributed by atoms with van der Waals surface area (Å²) in [7, 11) is 0. The minimum absolute atomic E-state index is 0.296. The summed E-state index contributed by atoms with van der Waals surface area (Å²) in [4.78, 5) is 7.03. The van der Waals surface area contributed by atoms with Crippen molar-refractivity contribution in [1.82, 2.24) is 4.98 Å². The highest BCUT2D eigenvalue weighted by molar-refractivity contribution is 7.12. The Morgan fingerprint density at radius 3 is 2.68 bits per heavy atom. The van der Waals surface area contributed by atoms with E-state index in [4.69, 9.17) is 4.74 Å². The van der Waals surface area contributed by atoms with Gasteiger partial charge < -0.3 is 10.1 Å². The maximum absolute atomic E-state index is 5.33. The van der Waals surface area contributed by atoms with Crippen LogP contribution >= 0.6 is 11.3 Å². The Balaban J connectivity index is 1.99. The Labute approximate surface area is 118 Å². The standard InChI is InChI=1S/C15H20N2OS/c1-4-13-7-8-14(19-13)11(3)17-12-6-9-15(16-10-12)18-5-2/h6-11,17H,4-5H2,1-3H3. The van der Waals surface area contributed by atoms with Crippen LogP contribution in [0.1, 0.15) is 36.6 Å². The first-order valence-corrected chi connectivity index (χ1v) is 7.48. The van der Waals surface area contributed by atoms with Crippen molar-refractivity contribution >= 4 is 17.0 Å². The fourth-order valence-corrected chi connectivity index (χ4v) is 2.79. The quantitative estimate of drug-likeness (QED) is 0.855. The van der Waals surface area contributed by atoms with E-state index in [9.17, 15) is 0 Å². The number of aromatic nitrogens is 1. The normalized spacial score (nSPS) is 12.2. The van der Waals surface area contributed by atoms with Crippen molar-refractivity contribution in [2.24, 2.45) is 0 Å². The average molecular weight is 276 g/mol. The van der Waals surface area contributed by atoms with Crippen LogP contribution in [0.4, 0.5) is 5.69 Å². The number of anilines is 1. The number of nitrogens with zero attached hydrogens (tertiary/aromatic N) is 1. The Hall–Kier alpha value is -1.55. The average Bonchev–Trinajstić information content (AvgIpc) is 2.90. The molecule has 0 aliphatic rings. The van der Waals surface area contributed by atoms with E-state index in [1.165, 1.54) is 9.75 Å². The van der Waals surface area contributed by atoms with Crippen molar-refractivity contribution in [3.8, 4) is 5.88 Å². The molecule has 2 rings (SSSR count). The molecule has 2 heterocycles. The van der Waals surface area contributed by atoms with Crippen molar-refractivity contribution < 1.29 is 4.74 Å². The topological polar surface area (TPSA) is 34.1 Å². The van der Waals surface area contributed by atoms with Gasteiger partial charge in [-0.25, -0.2) is 4.98 Å². The number of aryl methyl sites for hydroxylation is 1. The lowest BCUT2D eigenvalue weighted by atomic mass is 10.2. The zero-order valence-electron chi connectivity index (χ0n) is 11.6. The van der Waals surface area contributed by atoms with Crippen LogP contribution in [0.5, 0.6) is 5.88 Å². The molecule has 1 N–H and O–H groups in total. The van der Waals surface area contributed by atoms with Crippen molar-refractivity contribution in [2.75, 3.05) is 11.9 Å². The largest absolute Gasteiger partial charge is 0.478 e. The van der Waals surface area contributed by atoms with Crippen LogP contribution in [0.15, 0.2) is 30.5 Å². The molecule has 102 valence electrons. The number of hydrogen-bond donors (Lipinski definition) is 1. The van der Waals surface area contributed by atoms with E-state index in [0.717, 1.165) is 12.1 Å². The molecular formula is C15H20N2OS. The second kappa shape index (κ2) is 6.57. The molecule has 1 unspecified atom stereocenters. The second-order valence-corrected chi connectivity index (χ2v) is 5.54. The lowest BCUT2D eigenvalue weighted by Crippen LogP contribution is -2.05. The number of pyridine rings is 1. The molecule has 19 heavy (non-hydrogen) atoms. The van der Waals surface area contributed by atoms with Gasteiger partial charge in [0.05, 0.1) is 24.5 Å². The van der Waals surface area contributed by atoms with Crippen molar-refractivity contribution in [1.29, 1.82) is 0 Å². The Morgan fingerprint density at radius 1 is 1.26 bits per heavy atom. The van der Waals surface area contributed by atoms with Gasteiger partial charge in [-0.05, 0) is 38.5 Å². The lowest BCUT2D eigenvalue weighted by molar-refractivity contribution is 0.327. The molecule has 3 nitrogen and oxygen atoms in total. The lowest BCUT2D eigenvalue weighted by Gasteiger charge is -2.13. The van der Waals surface area contributed by atoms with E-state index in [1.807, 2.05) is 36.6 Å². The summed E-state index contributed by atoms with van der Waals surface area (Å²) in [5.74, 6) is 0.671. The van der Waals surface area contributed by atoms with Crippen LogP contribution in [-0.4, -0.2) is 11.6 Å². The molecule has 2 aromatic rings. The van der Waals surface area contributed by atoms with E-state index in [2.05, 4.69) is 36.3 Å². The zero-order valence-corrected chi connectivity index (χ0v) is 12.5. The molecule has 4 heteroatoms. The van der Waals surface area contributed by atoms with E-state index >= 15 is 0 Å². The molecule has 2 aromatic heterocycles. The predicted octanol–water partition coefficient (Wildman–Crippen LogP) is 4.28. The summed E-state index contributed by atoms with van der Waals surface area (Å²) in [5.41, 5.74) is 1.02. The molecule has 0 aliphatic carbocycles. The van der Waals surface area contributed by atoms with Gasteiger partial charge in [0.15, 0.2) is 0 Å². The smallest absolute Gasteiger partial charge is 0.213 e. The molecule has 0 aromatic carbocycles. The number of rotatable bonds is 6. The number of nitrogens with one attached hydrogen (secondary N) is 1. The molecule has 0 bridgehead atoms. The van der Waals surface area contributed by atoms with E-state index in [0.29, 0.717) is 18.5 Å². The van der Waals surface area contributed by atoms with Crippen molar-refractivity contribution in [3.63, 3.8) is 0 Å². The Bertz CT molecular complexity index is 507. The fourth-order valence-electron chi connectivity index (χ4n) is 1.84. The highest BCUT2D eigenvalue weighted by Crippen LogP contribution is 2.26. The van der Waals surface area contributed by atoms with Gasteiger partial charge in [0, 0.05) is 15.8 Å². The van der Waals surface area contributed by atoms with Crippen LogP contribution in [0.3, 0.4) is 0 Å². The number of hydrogen-bond acceptors (Lipinski definition) is 4. The van der Waals surface area contributed by atoms with Gasteiger partial charge in [-0.2, -0.15) is 0 Å². The molecule has 0 spiro atoms. The molecule has 0 amide bonds. The molecule has 0 saturated heterocycles. The maximum Gasteiger partial charge on any atom is 0.213 e. The highest BCUT2D eigenvalue weighted by atomic mass is 32.1. The molecular weight excluding hydrogens is 256 g/mol. The van der Waals surface area contributed by atoms with Gasteiger partial charge in [0.25, 0.3) is 0 Å². The first-order chi connectivity index (χ1) is 9.22. The third kappa shape index (κ3) is 3.70. The molecule has 0 aliphatic heterocycles. The third-order valence-corrected chi connectivity index (χ3v) is 4.28. The van der Waals surface area contributed by atoms with Crippen LogP contribution < -0.4 is 10.1 Å². The predicted molar refractivity (Wildman–Crippen MR) is 81.1 cm³/mol. The summed E-state index contributed by atoms with van der Waals surface area (Å²) in [5, 5.41) is 3.46. The minimum atomic E-state index is 0.296. The van der Waals surface area contributed by atoms with Crippen LogP contribution in [0.2, 0.25) is 0 Å². The van der Waals surface area contributed by atoms with Crippen LogP contribution in [0.25, 0.3) is 0 Å². The third-order valence-electron chi connectivity index (χ3n) is 2.87. The first-order valence-electron chi connectivity index (χ1n) is 6.67. The Morgan fingerprint density at radius 2 is 2.11 bits per heavy atom. The van der Waals surface area contributed by atoms with Gasteiger partial charge in [-0.3, -0.25) is 0 Å². The van der Waals surface area contributed by atoms with Crippen LogP contribution in [0, 0.1) is 0 Å². The van der Waals surface area contributed by atoms with Crippen molar-refractivity contribution in [2.45, 2.75) is 33.2 Å². The molecule has 0 fully saturated rings. The van der Waals surface area contributed by atoms with E-state index in [-0.39, 0.29) is 0 Å². The van der Waals surface area contributed by atoms with Gasteiger partial charge >= 0.3 is 0 Å². The summed E-state index contributed by atoms with van der Waals surface area (Å²) in [6.45, 7) is 6.95. The number of thiophene rings is 1. The van der Waals surface area contributed by atoms with E-state index < -0.39 is 0 Å². The number of ether oxygens (including phenoxy) is 1. The minimum Gasteiger partial charge on any atom is -0.478 e. The summed E-state index contributed by atoms with van der Waals surface area (Å²) in [6.07, 6.45) is 2.91. The molecule has 0 radical (unpaired) electrons. The highest BCUT2D eigenvalue weighted by Gasteiger charge is 2.08. The second-order valence-electron chi connectivity index (χ2n) is 4.34. The molecule has 0 saturated carbocycles. The SMILES string of the molecule is CCOc1ccc(NC(C)c2ccc(CC)s2)cn1. The van der Waals surface area contributed by atoms with Gasteiger partial charge in [0.2, 0.25) is 5.88 Å². The van der Waals surface area contributed by atoms with Crippen LogP contribution in [-0.2, 0) is 6.42 Å². The summed E-state index contributed by atoms with van der Waals surface area (Å²) in [6, 6.07) is 8.59. The zero-order chi connectivity index (χ0) is 13.7. The Kier molecular flexibility index (Phi) is 4.80. The molecule has 1 atom stereocenters. The summed E-state index contributed by atoms with van der Waals surface area (Å²) < 4.78 is 5.33. The van der Waals surface area contributed by atoms with Crippen molar-refractivity contribution in [3.05, 3.63) is 40.2 Å². The summed E-state index contributed by atoms with van der Waals surface area (Å²) >= 11 is 1.86. The first kappa shape index (κ1) is 13.9. The monoisotopic (exact) mass is 276 g/mol. The van der Waals surface area contributed by atoms with Gasteiger partial charge in [-0.15, -0.1) is 11.3 Å².